The molecule has 2 atom stereocenters. The lowest BCUT2D eigenvalue weighted by atomic mass is 9.94. The van der Waals surface area contributed by atoms with Crippen LogP contribution in [0.1, 0.15) is 17.2 Å². The highest BCUT2D eigenvalue weighted by Gasteiger charge is 2.47. The van der Waals surface area contributed by atoms with Crippen LogP contribution in [-0.4, -0.2) is 21.9 Å². The molecule has 2 unspecified atom stereocenters. The average molecular weight is 357 g/mol. The maximum Gasteiger partial charge on any atom is 0.164 e. The highest BCUT2D eigenvalue weighted by atomic mass is 35.5. The van der Waals surface area contributed by atoms with Crippen LogP contribution in [0.15, 0.2) is 73.3 Å². The van der Waals surface area contributed by atoms with Crippen LogP contribution in [0.4, 0.5) is 0 Å². The van der Waals surface area contributed by atoms with E-state index in [0.717, 1.165) is 22.9 Å². The van der Waals surface area contributed by atoms with Crippen LogP contribution in [0.5, 0.6) is 0 Å². The quantitative estimate of drug-likeness (QED) is 0.675. The lowest BCUT2D eigenvalue weighted by molar-refractivity contribution is 0.0190. The van der Waals surface area contributed by atoms with Crippen molar-refractivity contribution in [3.05, 3.63) is 89.5 Å². The normalized spacial score (nSPS) is 21.7. The molecular weight excluding hydrogens is 340 g/mol. The molecule has 122 valence electrons. The van der Waals surface area contributed by atoms with Gasteiger partial charge in [0.2, 0.25) is 0 Å². The van der Waals surface area contributed by atoms with Gasteiger partial charge in [-0.2, -0.15) is 0 Å². The second-order valence-corrected chi connectivity index (χ2v) is 7.43. The summed E-state index contributed by atoms with van der Waals surface area (Å²) in [6.45, 7) is 0.728. The molecule has 24 heavy (non-hydrogen) atoms. The number of halogens is 1. The van der Waals surface area contributed by atoms with Crippen LogP contribution in [0, 0.1) is 0 Å². The van der Waals surface area contributed by atoms with Crippen molar-refractivity contribution in [3.63, 3.8) is 0 Å². The van der Waals surface area contributed by atoms with Gasteiger partial charge in [-0.05, 0) is 23.3 Å². The van der Waals surface area contributed by atoms with Gasteiger partial charge in [0.05, 0.1) is 12.9 Å². The maximum absolute atomic E-state index is 6.38. The number of hydrogen-bond acceptors (Lipinski definition) is 3. The Labute approximate surface area is 150 Å². The smallest absolute Gasteiger partial charge is 0.164 e. The molecule has 0 saturated carbocycles. The second kappa shape index (κ2) is 6.63. The van der Waals surface area contributed by atoms with E-state index in [1.54, 1.807) is 0 Å². The van der Waals surface area contributed by atoms with E-state index >= 15 is 0 Å². The zero-order valence-electron chi connectivity index (χ0n) is 13.0. The van der Waals surface area contributed by atoms with Crippen molar-refractivity contribution in [2.24, 2.45) is 0 Å². The molecule has 5 heteroatoms. The van der Waals surface area contributed by atoms with E-state index < -0.39 is 4.93 Å². The Morgan fingerprint density at radius 2 is 1.92 bits per heavy atom. The first-order valence-corrected chi connectivity index (χ1v) is 9.22. The molecular formula is C19H17ClN2OS. The SMILES string of the molecule is Clc1ccc(C2(C(c3ccccc3)n3ccnc3)OCCS2)cc1. The predicted molar refractivity (Wildman–Crippen MR) is 98.3 cm³/mol. The largest absolute Gasteiger partial charge is 0.357 e. The van der Waals surface area contributed by atoms with Gasteiger partial charge in [-0.1, -0.05) is 54.1 Å². The Hall–Kier alpha value is -1.75. The fourth-order valence-electron chi connectivity index (χ4n) is 3.24. The number of rotatable bonds is 4. The van der Waals surface area contributed by atoms with Gasteiger partial charge in [0, 0.05) is 23.2 Å². The molecule has 3 aromatic rings. The summed E-state index contributed by atoms with van der Waals surface area (Å²) in [7, 11) is 0. The summed E-state index contributed by atoms with van der Waals surface area (Å²) in [4.78, 5) is 3.76. The van der Waals surface area contributed by atoms with Gasteiger partial charge in [-0.25, -0.2) is 4.98 Å². The minimum absolute atomic E-state index is 0.00474. The number of ether oxygens (including phenoxy) is 1. The summed E-state index contributed by atoms with van der Waals surface area (Å²) >= 11 is 7.93. The Morgan fingerprint density at radius 1 is 1.12 bits per heavy atom. The Bertz CT molecular complexity index is 784. The Morgan fingerprint density at radius 3 is 2.54 bits per heavy atom. The number of aromatic nitrogens is 2. The first-order valence-electron chi connectivity index (χ1n) is 7.86. The molecule has 0 bridgehead atoms. The van der Waals surface area contributed by atoms with E-state index in [9.17, 15) is 0 Å². The molecule has 3 nitrogen and oxygen atoms in total. The molecule has 0 radical (unpaired) electrons. The third-order valence-corrected chi connectivity index (χ3v) is 5.89. The van der Waals surface area contributed by atoms with E-state index in [1.165, 1.54) is 5.56 Å². The van der Waals surface area contributed by atoms with Crippen molar-refractivity contribution in [1.29, 1.82) is 0 Å². The standard InChI is InChI=1S/C19H17ClN2OS/c20-17-8-6-16(7-9-17)19(23-12-13-24-19)18(22-11-10-21-14-22)15-4-2-1-3-5-15/h1-11,14,18H,12-13H2. The number of nitrogens with zero attached hydrogens (tertiary/aromatic N) is 2. The molecule has 1 aliphatic rings. The Kier molecular flexibility index (Phi) is 4.35. The molecule has 2 aromatic carbocycles. The van der Waals surface area contributed by atoms with E-state index in [0.29, 0.717) is 0 Å². The van der Waals surface area contributed by atoms with Gasteiger partial charge in [-0.15, -0.1) is 11.8 Å². The van der Waals surface area contributed by atoms with Crippen molar-refractivity contribution in [2.45, 2.75) is 11.0 Å². The van der Waals surface area contributed by atoms with Gasteiger partial charge in [0.1, 0.15) is 6.04 Å². The molecule has 1 aromatic heterocycles. The summed E-state index contributed by atoms with van der Waals surface area (Å²) in [5, 5.41) is 0.732. The van der Waals surface area contributed by atoms with Gasteiger partial charge in [-0.3, -0.25) is 0 Å². The lowest BCUT2D eigenvalue weighted by Gasteiger charge is -2.37. The molecule has 1 aliphatic heterocycles. The van der Waals surface area contributed by atoms with Crippen molar-refractivity contribution in [1.82, 2.24) is 9.55 Å². The van der Waals surface area contributed by atoms with Crippen LogP contribution in [0.2, 0.25) is 5.02 Å². The third kappa shape index (κ3) is 2.75. The molecule has 2 heterocycles. The molecule has 0 spiro atoms. The van der Waals surface area contributed by atoms with Crippen LogP contribution in [0.25, 0.3) is 0 Å². The molecule has 0 aliphatic carbocycles. The average Bonchev–Trinajstić information content (AvgIpc) is 3.30. The van der Waals surface area contributed by atoms with Crippen molar-refractivity contribution in [3.8, 4) is 0 Å². The molecule has 1 fully saturated rings. The van der Waals surface area contributed by atoms with Crippen molar-refractivity contribution < 1.29 is 4.74 Å². The topological polar surface area (TPSA) is 27.1 Å². The summed E-state index contributed by atoms with van der Waals surface area (Å²) in [6, 6.07) is 18.4. The predicted octanol–water partition coefficient (Wildman–Crippen LogP) is 4.74. The summed E-state index contributed by atoms with van der Waals surface area (Å²) in [5.41, 5.74) is 2.32. The summed E-state index contributed by atoms with van der Waals surface area (Å²) in [6.07, 6.45) is 5.67. The monoisotopic (exact) mass is 356 g/mol. The fourth-order valence-corrected chi connectivity index (χ4v) is 4.72. The van der Waals surface area contributed by atoms with E-state index in [4.69, 9.17) is 16.3 Å². The molecule has 1 saturated heterocycles. The number of imidazole rings is 1. The van der Waals surface area contributed by atoms with Crippen LogP contribution in [-0.2, 0) is 9.67 Å². The first-order chi connectivity index (χ1) is 11.8. The number of hydrogen-bond donors (Lipinski definition) is 0. The van der Waals surface area contributed by atoms with Crippen molar-refractivity contribution in [2.75, 3.05) is 12.4 Å². The minimum Gasteiger partial charge on any atom is -0.357 e. The van der Waals surface area contributed by atoms with E-state index in [-0.39, 0.29) is 6.04 Å². The first kappa shape index (κ1) is 15.8. The van der Waals surface area contributed by atoms with Gasteiger partial charge < -0.3 is 9.30 Å². The molecule has 0 amide bonds. The van der Waals surface area contributed by atoms with E-state index in [2.05, 4.69) is 45.9 Å². The summed E-state index contributed by atoms with van der Waals surface area (Å²) in [5.74, 6) is 0.959. The van der Waals surface area contributed by atoms with Gasteiger partial charge in [0.15, 0.2) is 4.93 Å². The van der Waals surface area contributed by atoms with Crippen LogP contribution < -0.4 is 0 Å². The summed E-state index contributed by atoms with van der Waals surface area (Å²) < 4.78 is 8.51. The number of thioether (sulfide) groups is 1. The molecule has 0 N–H and O–H groups in total. The highest BCUT2D eigenvalue weighted by Crippen LogP contribution is 2.52. The van der Waals surface area contributed by atoms with Crippen molar-refractivity contribution >= 4 is 23.4 Å². The van der Waals surface area contributed by atoms with Crippen LogP contribution >= 0.6 is 23.4 Å². The second-order valence-electron chi connectivity index (χ2n) is 5.69. The highest BCUT2D eigenvalue weighted by molar-refractivity contribution is 8.00. The number of benzene rings is 2. The Balaban J connectivity index is 1.89. The zero-order chi connectivity index (χ0) is 16.4. The fraction of sp³-hybridized carbons (Fsp3) is 0.211. The minimum atomic E-state index is -0.493. The zero-order valence-corrected chi connectivity index (χ0v) is 14.6. The van der Waals surface area contributed by atoms with Crippen LogP contribution in [0.3, 0.4) is 0 Å². The van der Waals surface area contributed by atoms with Gasteiger partial charge >= 0.3 is 0 Å². The molecule has 4 rings (SSSR count). The lowest BCUT2D eigenvalue weighted by Crippen LogP contribution is -2.34. The maximum atomic E-state index is 6.38. The van der Waals surface area contributed by atoms with E-state index in [1.807, 2.05) is 48.7 Å². The van der Waals surface area contributed by atoms with Gasteiger partial charge in [0.25, 0.3) is 0 Å². The third-order valence-electron chi connectivity index (χ3n) is 4.26.